The summed E-state index contributed by atoms with van der Waals surface area (Å²) in [5.41, 5.74) is 1.78. The van der Waals surface area contributed by atoms with Crippen LogP contribution in [0.4, 0.5) is 0 Å². The Kier molecular flexibility index (Phi) is 4.39. The van der Waals surface area contributed by atoms with Crippen molar-refractivity contribution in [3.63, 3.8) is 0 Å². The highest BCUT2D eigenvalue weighted by Gasteiger charge is 2.67. The molecule has 2 amide bonds. The minimum atomic E-state index is -0.229. The van der Waals surface area contributed by atoms with E-state index in [1.807, 2.05) is 48.5 Å². The van der Waals surface area contributed by atoms with Gasteiger partial charge in [0.25, 0.3) is 11.8 Å². The number of rotatable bonds is 5. The molecule has 0 unspecified atom stereocenters. The molecule has 1 aliphatic heterocycles. The van der Waals surface area contributed by atoms with Gasteiger partial charge in [-0.3, -0.25) is 9.59 Å². The lowest BCUT2D eigenvalue weighted by Crippen LogP contribution is -2.40. The summed E-state index contributed by atoms with van der Waals surface area (Å²) >= 11 is 3.43. The number of hydrazone groups is 1. The van der Waals surface area contributed by atoms with Crippen LogP contribution in [0.5, 0.6) is 5.75 Å². The molecule has 0 radical (unpaired) electrons. The van der Waals surface area contributed by atoms with Crippen LogP contribution in [0, 0.1) is 35.5 Å². The molecule has 3 fully saturated rings. The molecule has 156 valence electrons. The highest BCUT2D eigenvalue weighted by molar-refractivity contribution is 9.10. The van der Waals surface area contributed by atoms with Gasteiger partial charge in [0.15, 0.2) is 0 Å². The zero-order valence-corrected chi connectivity index (χ0v) is 18.3. The Morgan fingerprint density at radius 1 is 0.968 bits per heavy atom. The van der Waals surface area contributed by atoms with Crippen molar-refractivity contribution in [1.29, 1.82) is 0 Å². The summed E-state index contributed by atoms with van der Waals surface area (Å²) in [5, 5.41) is 5.45. The van der Waals surface area contributed by atoms with Gasteiger partial charge in [-0.25, -0.2) is 0 Å². The van der Waals surface area contributed by atoms with Gasteiger partial charge in [-0.1, -0.05) is 52.3 Å². The van der Waals surface area contributed by atoms with Gasteiger partial charge in [-0.05, 0) is 59.9 Å². The van der Waals surface area contributed by atoms with E-state index in [9.17, 15) is 9.59 Å². The predicted octanol–water partition coefficient (Wildman–Crippen LogP) is 4.42. The van der Waals surface area contributed by atoms with Gasteiger partial charge in [0.1, 0.15) is 12.4 Å². The Labute approximate surface area is 188 Å². The maximum absolute atomic E-state index is 13.1. The molecule has 0 spiro atoms. The Morgan fingerprint density at radius 2 is 1.61 bits per heavy atom. The molecule has 2 aromatic carbocycles. The van der Waals surface area contributed by atoms with Gasteiger partial charge >= 0.3 is 0 Å². The van der Waals surface area contributed by atoms with E-state index in [2.05, 4.69) is 33.2 Å². The standard InChI is InChI=1S/C25H21BrN2O3/c26-16-7-5-14(6-8-16)13-31-21-4-2-1-3-15(21)12-27-28-24(29)22-17-9-10-18(20-11-19(17)20)23(22)25(28)30/h1-10,12,17-20,22-23H,11,13H2/b27-12-/t17-,18+,19+,20-,22+,23-. The van der Waals surface area contributed by atoms with E-state index in [1.54, 1.807) is 6.21 Å². The van der Waals surface area contributed by atoms with Crippen LogP contribution < -0.4 is 4.74 Å². The van der Waals surface area contributed by atoms with Crippen molar-refractivity contribution in [2.75, 3.05) is 0 Å². The molecule has 4 aliphatic carbocycles. The van der Waals surface area contributed by atoms with Crippen molar-refractivity contribution in [2.45, 2.75) is 13.0 Å². The quantitative estimate of drug-likeness (QED) is 0.364. The normalized spacial score (nSPS) is 32.5. The number of hydrogen-bond acceptors (Lipinski definition) is 4. The van der Waals surface area contributed by atoms with E-state index in [0.29, 0.717) is 24.2 Å². The van der Waals surface area contributed by atoms with Gasteiger partial charge in [0.2, 0.25) is 0 Å². The molecule has 5 nitrogen and oxygen atoms in total. The number of imide groups is 1. The Bertz CT molecular complexity index is 1090. The van der Waals surface area contributed by atoms with Crippen LogP contribution >= 0.6 is 15.9 Å². The third-order valence-electron chi connectivity index (χ3n) is 7.18. The first-order valence-corrected chi connectivity index (χ1v) is 11.5. The van der Waals surface area contributed by atoms with Crippen molar-refractivity contribution in [2.24, 2.45) is 40.6 Å². The summed E-state index contributed by atoms with van der Waals surface area (Å²) in [6.45, 7) is 0.418. The number of ether oxygens (including phenoxy) is 1. The number of hydrogen-bond donors (Lipinski definition) is 0. The number of para-hydroxylation sites is 1. The second kappa shape index (κ2) is 7.16. The van der Waals surface area contributed by atoms with Crippen LogP contribution in [-0.2, 0) is 16.2 Å². The zero-order chi connectivity index (χ0) is 21.1. The fraction of sp³-hybridized carbons (Fsp3) is 0.320. The monoisotopic (exact) mass is 476 g/mol. The van der Waals surface area contributed by atoms with Crippen LogP contribution in [0.2, 0.25) is 0 Å². The highest BCUT2D eigenvalue weighted by atomic mass is 79.9. The van der Waals surface area contributed by atoms with E-state index >= 15 is 0 Å². The van der Waals surface area contributed by atoms with Gasteiger partial charge in [-0.15, -0.1) is 0 Å². The maximum Gasteiger partial charge on any atom is 0.254 e. The van der Waals surface area contributed by atoms with Crippen molar-refractivity contribution >= 4 is 34.0 Å². The van der Waals surface area contributed by atoms with Crippen molar-refractivity contribution < 1.29 is 14.3 Å². The van der Waals surface area contributed by atoms with E-state index in [0.717, 1.165) is 27.0 Å². The molecule has 5 aliphatic rings. The first kappa shape index (κ1) is 19.0. The van der Waals surface area contributed by atoms with Gasteiger partial charge in [0.05, 0.1) is 18.1 Å². The first-order chi connectivity index (χ1) is 15.1. The van der Waals surface area contributed by atoms with Gasteiger partial charge in [-0.2, -0.15) is 10.1 Å². The fourth-order valence-corrected chi connectivity index (χ4v) is 5.90. The number of nitrogens with zero attached hydrogens (tertiary/aromatic N) is 2. The average molecular weight is 477 g/mol. The summed E-state index contributed by atoms with van der Waals surface area (Å²) < 4.78 is 7.00. The zero-order valence-electron chi connectivity index (χ0n) is 16.7. The molecule has 7 rings (SSSR count). The molecule has 31 heavy (non-hydrogen) atoms. The maximum atomic E-state index is 13.1. The highest BCUT2D eigenvalue weighted by Crippen LogP contribution is 2.65. The summed E-state index contributed by atoms with van der Waals surface area (Å²) in [5.74, 6) is 1.49. The second-order valence-electron chi connectivity index (χ2n) is 8.84. The number of allylic oxidation sites excluding steroid dienone is 2. The van der Waals surface area contributed by atoms with Gasteiger partial charge < -0.3 is 4.74 Å². The van der Waals surface area contributed by atoms with E-state index in [1.165, 1.54) is 0 Å². The molecular formula is C25H21BrN2O3. The summed E-state index contributed by atoms with van der Waals surface area (Å²) in [6.07, 6.45) is 7.07. The molecule has 6 atom stereocenters. The molecule has 2 aromatic rings. The van der Waals surface area contributed by atoms with Crippen molar-refractivity contribution in [1.82, 2.24) is 5.01 Å². The molecule has 2 bridgehead atoms. The van der Waals surface area contributed by atoms with E-state index in [-0.39, 0.29) is 35.5 Å². The lowest BCUT2D eigenvalue weighted by Gasteiger charge is -2.37. The summed E-state index contributed by atoms with van der Waals surface area (Å²) in [4.78, 5) is 26.1. The summed E-state index contributed by atoms with van der Waals surface area (Å²) in [7, 11) is 0. The number of benzene rings is 2. The summed E-state index contributed by atoms with van der Waals surface area (Å²) in [6, 6.07) is 15.5. The van der Waals surface area contributed by atoms with Crippen LogP contribution in [0.15, 0.2) is 70.3 Å². The Hall–Kier alpha value is -2.73. The molecule has 1 saturated heterocycles. The first-order valence-electron chi connectivity index (χ1n) is 10.7. The molecule has 6 heteroatoms. The average Bonchev–Trinajstić information content (AvgIpc) is 3.57. The smallest absolute Gasteiger partial charge is 0.254 e. The third-order valence-corrected chi connectivity index (χ3v) is 7.71. The van der Waals surface area contributed by atoms with Crippen LogP contribution in [0.3, 0.4) is 0 Å². The lowest BCUT2D eigenvalue weighted by molar-refractivity contribution is -0.140. The van der Waals surface area contributed by atoms with Crippen molar-refractivity contribution in [3.05, 3.63) is 76.3 Å². The second-order valence-corrected chi connectivity index (χ2v) is 9.76. The third kappa shape index (κ3) is 3.07. The van der Waals surface area contributed by atoms with E-state index in [4.69, 9.17) is 4.74 Å². The topological polar surface area (TPSA) is 59.0 Å². The Balaban J connectivity index is 1.21. The number of carbonyl (C=O) groups excluding carboxylic acids is 2. The van der Waals surface area contributed by atoms with Crippen LogP contribution in [0.25, 0.3) is 0 Å². The Morgan fingerprint density at radius 3 is 2.29 bits per heavy atom. The lowest BCUT2D eigenvalue weighted by atomic mass is 9.63. The SMILES string of the molecule is O=C1[C@@H]2[C@H]3C=C[C@H]([C@@H]4C[C@H]34)[C@@H]2C(=O)N1/N=C\c1ccccc1OCc1ccc(Br)cc1. The molecule has 2 saturated carbocycles. The van der Waals surface area contributed by atoms with Crippen LogP contribution in [-0.4, -0.2) is 23.0 Å². The number of halogens is 1. The molecular weight excluding hydrogens is 456 g/mol. The molecule has 0 aromatic heterocycles. The molecule has 0 N–H and O–H groups in total. The van der Waals surface area contributed by atoms with E-state index < -0.39 is 0 Å². The van der Waals surface area contributed by atoms with Crippen LogP contribution in [0.1, 0.15) is 17.5 Å². The number of amides is 2. The van der Waals surface area contributed by atoms with Gasteiger partial charge in [0, 0.05) is 10.0 Å². The number of carbonyl (C=O) groups is 2. The molecule has 1 heterocycles. The fourth-order valence-electron chi connectivity index (χ4n) is 5.64. The van der Waals surface area contributed by atoms with Crippen molar-refractivity contribution in [3.8, 4) is 5.75 Å². The minimum Gasteiger partial charge on any atom is -0.488 e. The largest absolute Gasteiger partial charge is 0.488 e. The predicted molar refractivity (Wildman–Crippen MR) is 119 cm³/mol. The minimum absolute atomic E-state index is 0.149.